The van der Waals surface area contributed by atoms with E-state index in [1.54, 1.807) is 4.90 Å². The number of pyridine rings is 1. The van der Waals surface area contributed by atoms with Gasteiger partial charge in [0.05, 0.1) is 16.5 Å². The second-order valence-corrected chi connectivity index (χ2v) is 6.69. The third-order valence-corrected chi connectivity index (χ3v) is 4.57. The van der Waals surface area contributed by atoms with Crippen LogP contribution in [0.25, 0.3) is 0 Å². The molecule has 0 unspecified atom stereocenters. The third kappa shape index (κ3) is 3.07. The van der Waals surface area contributed by atoms with Crippen molar-refractivity contribution in [2.24, 2.45) is 0 Å². The van der Waals surface area contributed by atoms with Crippen molar-refractivity contribution in [2.75, 3.05) is 29.5 Å². The molecule has 0 N–H and O–H groups in total. The van der Waals surface area contributed by atoms with E-state index >= 15 is 0 Å². The van der Waals surface area contributed by atoms with Gasteiger partial charge in [-0.2, -0.15) is 0 Å². The highest BCUT2D eigenvalue weighted by Crippen LogP contribution is 2.21. The number of nitrogens with zero attached hydrogens (tertiary/aromatic N) is 2. The molecule has 94 valence electrons. The van der Waals surface area contributed by atoms with Gasteiger partial charge in [0.15, 0.2) is 21.5 Å². The Kier molecular flexibility index (Phi) is 3.53. The van der Waals surface area contributed by atoms with E-state index in [-0.39, 0.29) is 28.9 Å². The molecule has 7 heteroatoms. The van der Waals surface area contributed by atoms with Crippen LogP contribution < -0.4 is 4.90 Å². The monoisotopic (exact) mass is 278 g/mol. The van der Waals surface area contributed by atoms with E-state index in [9.17, 15) is 12.8 Å². The zero-order valence-electron chi connectivity index (χ0n) is 9.07. The van der Waals surface area contributed by atoms with Gasteiger partial charge >= 0.3 is 0 Å². The normalized spacial score (nSPS) is 20.0. The van der Waals surface area contributed by atoms with Crippen molar-refractivity contribution in [3.63, 3.8) is 0 Å². The summed E-state index contributed by atoms with van der Waals surface area (Å²) in [5.41, 5.74) is 0. The standard InChI is InChI=1S/C10H12ClFN2O2S/c11-8-6-9(12)10(13-7-8)14-2-1-4-17(15,16)5-3-14/h6-7H,1-5H2. The molecular weight excluding hydrogens is 267 g/mol. The zero-order valence-corrected chi connectivity index (χ0v) is 10.6. The largest absolute Gasteiger partial charge is 0.353 e. The van der Waals surface area contributed by atoms with Crippen molar-refractivity contribution in [2.45, 2.75) is 6.42 Å². The van der Waals surface area contributed by atoms with Gasteiger partial charge in [-0.05, 0) is 12.5 Å². The van der Waals surface area contributed by atoms with Crippen LogP contribution in [0.3, 0.4) is 0 Å². The molecule has 17 heavy (non-hydrogen) atoms. The van der Waals surface area contributed by atoms with Crippen LogP contribution in [-0.4, -0.2) is 38.0 Å². The summed E-state index contributed by atoms with van der Waals surface area (Å²) < 4.78 is 36.5. The van der Waals surface area contributed by atoms with E-state index in [4.69, 9.17) is 11.6 Å². The highest BCUT2D eigenvalue weighted by atomic mass is 35.5. The highest BCUT2D eigenvalue weighted by Gasteiger charge is 2.21. The smallest absolute Gasteiger partial charge is 0.167 e. The molecule has 0 amide bonds. The number of sulfone groups is 1. The van der Waals surface area contributed by atoms with Crippen LogP contribution in [0.4, 0.5) is 10.2 Å². The van der Waals surface area contributed by atoms with E-state index < -0.39 is 15.7 Å². The fourth-order valence-electron chi connectivity index (χ4n) is 1.79. The summed E-state index contributed by atoms with van der Waals surface area (Å²) in [5, 5.41) is 0.230. The molecule has 0 aliphatic carbocycles. The van der Waals surface area contributed by atoms with Crippen molar-refractivity contribution < 1.29 is 12.8 Å². The molecule has 1 aromatic heterocycles. The number of hydrogen-bond donors (Lipinski definition) is 0. The Morgan fingerprint density at radius 2 is 2.12 bits per heavy atom. The Hall–Kier alpha value is -0.880. The minimum absolute atomic E-state index is 0.0384. The average molecular weight is 279 g/mol. The number of aromatic nitrogens is 1. The fourth-order valence-corrected chi connectivity index (χ4v) is 3.21. The minimum Gasteiger partial charge on any atom is -0.353 e. The molecule has 0 bridgehead atoms. The molecule has 2 rings (SSSR count). The van der Waals surface area contributed by atoms with Crippen LogP contribution in [-0.2, 0) is 9.84 Å². The summed E-state index contributed by atoms with van der Waals surface area (Å²) in [7, 11) is -3.00. The molecule has 0 saturated carbocycles. The lowest BCUT2D eigenvalue weighted by atomic mass is 10.3. The first-order valence-corrected chi connectivity index (χ1v) is 7.44. The van der Waals surface area contributed by atoms with Crippen molar-refractivity contribution in [3.05, 3.63) is 23.1 Å². The first-order chi connectivity index (χ1) is 7.98. The molecule has 1 saturated heterocycles. The quantitative estimate of drug-likeness (QED) is 0.781. The zero-order chi connectivity index (χ0) is 12.5. The number of anilines is 1. The van der Waals surface area contributed by atoms with E-state index in [0.29, 0.717) is 13.0 Å². The molecule has 0 spiro atoms. The second kappa shape index (κ2) is 4.78. The number of halogens is 2. The maximum atomic E-state index is 13.6. The molecule has 4 nitrogen and oxygen atoms in total. The molecule has 2 heterocycles. The van der Waals surface area contributed by atoms with Gasteiger partial charge in [-0.1, -0.05) is 11.6 Å². The van der Waals surface area contributed by atoms with E-state index in [2.05, 4.69) is 4.98 Å². The van der Waals surface area contributed by atoms with Gasteiger partial charge in [0.1, 0.15) is 0 Å². The molecule has 1 aromatic rings. The summed E-state index contributed by atoms with van der Waals surface area (Å²) in [6.45, 7) is 0.763. The minimum atomic E-state index is -3.00. The molecule has 1 fully saturated rings. The predicted octanol–water partition coefficient (Wildman–Crippen LogP) is 1.50. The van der Waals surface area contributed by atoms with E-state index in [1.807, 2.05) is 0 Å². The van der Waals surface area contributed by atoms with Crippen LogP contribution in [0, 0.1) is 5.82 Å². The Bertz CT molecular complexity index is 521. The van der Waals surface area contributed by atoms with Gasteiger partial charge in [-0.3, -0.25) is 0 Å². The summed E-state index contributed by atoms with van der Waals surface area (Å²) in [4.78, 5) is 5.56. The van der Waals surface area contributed by atoms with Crippen LogP contribution >= 0.6 is 11.6 Å². The van der Waals surface area contributed by atoms with Crippen molar-refractivity contribution in [1.29, 1.82) is 0 Å². The lowest BCUT2D eigenvalue weighted by molar-refractivity contribution is 0.596. The lowest BCUT2D eigenvalue weighted by Gasteiger charge is -2.21. The van der Waals surface area contributed by atoms with Crippen molar-refractivity contribution in [3.8, 4) is 0 Å². The first kappa shape index (κ1) is 12.6. The molecule has 0 atom stereocenters. The van der Waals surface area contributed by atoms with Gasteiger partial charge in [-0.25, -0.2) is 17.8 Å². The maximum absolute atomic E-state index is 13.6. The van der Waals surface area contributed by atoms with Crippen LogP contribution in [0.1, 0.15) is 6.42 Å². The molecule has 0 aromatic carbocycles. The van der Waals surface area contributed by atoms with Crippen LogP contribution in [0.15, 0.2) is 12.3 Å². The molecule has 1 aliphatic rings. The lowest BCUT2D eigenvalue weighted by Crippen LogP contribution is -2.28. The molecular formula is C10H12ClFN2O2S. The van der Waals surface area contributed by atoms with Crippen LogP contribution in [0.5, 0.6) is 0 Å². The van der Waals surface area contributed by atoms with E-state index in [1.165, 1.54) is 12.3 Å². The van der Waals surface area contributed by atoms with Crippen molar-refractivity contribution in [1.82, 2.24) is 4.98 Å². The maximum Gasteiger partial charge on any atom is 0.167 e. The Balaban J connectivity index is 2.23. The highest BCUT2D eigenvalue weighted by molar-refractivity contribution is 7.91. The topological polar surface area (TPSA) is 50.3 Å². The molecule has 1 aliphatic heterocycles. The van der Waals surface area contributed by atoms with E-state index in [0.717, 1.165) is 0 Å². The third-order valence-electron chi connectivity index (χ3n) is 2.64. The predicted molar refractivity (Wildman–Crippen MR) is 64.7 cm³/mol. The van der Waals surface area contributed by atoms with Gasteiger partial charge in [0, 0.05) is 19.3 Å². The summed E-state index contributed by atoms with van der Waals surface area (Å²) in [6.07, 6.45) is 1.85. The van der Waals surface area contributed by atoms with Gasteiger partial charge < -0.3 is 4.90 Å². The molecule has 0 radical (unpaired) electrons. The summed E-state index contributed by atoms with van der Waals surface area (Å²) in [5.74, 6) is -0.154. The first-order valence-electron chi connectivity index (χ1n) is 5.24. The second-order valence-electron chi connectivity index (χ2n) is 3.95. The van der Waals surface area contributed by atoms with Gasteiger partial charge in [0.25, 0.3) is 0 Å². The average Bonchev–Trinajstić information content (AvgIpc) is 2.40. The summed E-state index contributed by atoms with van der Waals surface area (Å²) >= 11 is 5.62. The Morgan fingerprint density at radius 3 is 2.82 bits per heavy atom. The van der Waals surface area contributed by atoms with Gasteiger partial charge in [0.2, 0.25) is 0 Å². The Morgan fingerprint density at radius 1 is 1.35 bits per heavy atom. The Labute approximate surface area is 104 Å². The van der Waals surface area contributed by atoms with Crippen LogP contribution in [0.2, 0.25) is 5.02 Å². The summed E-state index contributed by atoms with van der Waals surface area (Å²) in [6, 6.07) is 1.18. The van der Waals surface area contributed by atoms with Gasteiger partial charge in [-0.15, -0.1) is 0 Å². The number of hydrogen-bond acceptors (Lipinski definition) is 4. The van der Waals surface area contributed by atoms with Crippen molar-refractivity contribution >= 4 is 27.3 Å². The fraction of sp³-hybridized carbons (Fsp3) is 0.500. The number of rotatable bonds is 1. The SMILES string of the molecule is O=S1(=O)CCCN(c2ncc(Cl)cc2F)CC1.